The van der Waals surface area contributed by atoms with Gasteiger partial charge in [0.15, 0.2) is 11.5 Å². The maximum Gasteiger partial charge on any atom is 0.220 e. The van der Waals surface area contributed by atoms with Crippen molar-refractivity contribution in [2.24, 2.45) is 0 Å². The van der Waals surface area contributed by atoms with Gasteiger partial charge in [-0.15, -0.1) is 0 Å². The number of methoxy groups -OCH3 is 2. The second kappa shape index (κ2) is 8.65. The maximum absolute atomic E-state index is 12.5. The summed E-state index contributed by atoms with van der Waals surface area (Å²) in [6.45, 7) is 1.96. The van der Waals surface area contributed by atoms with E-state index >= 15 is 0 Å². The van der Waals surface area contributed by atoms with Crippen LogP contribution in [0.1, 0.15) is 36.9 Å². The number of benzene rings is 3. The standard InChI is InChI=1S/C23H25NO4/c1-4-7-21(26)24-23(16-11-13-19(27-2)20(14-16)28-3)22-17-9-6-5-8-15(17)10-12-18(22)25/h5-6,8-14,23,25H,4,7H2,1-3H3,(H,24,26)/t23-/m0/s1. The van der Waals surface area contributed by atoms with Gasteiger partial charge in [-0.1, -0.05) is 43.3 Å². The number of nitrogens with one attached hydrogen (secondary N) is 1. The van der Waals surface area contributed by atoms with Crippen molar-refractivity contribution >= 4 is 16.7 Å². The summed E-state index contributed by atoms with van der Waals surface area (Å²) in [5, 5.41) is 15.7. The molecular weight excluding hydrogens is 354 g/mol. The number of carbonyl (C=O) groups is 1. The van der Waals surface area contributed by atoms with Crippen molar-refractivity contribution in [3.63, 3.8) is 0 Å². The lowest BCUT2D eigenvalue weighted by Gasteiger charge is -2.23. The first-order valence-electron chi connectivity index (χ1n) is 9.31. The van der Waals surface area contributed by atoms with Crippen LogP contribution in [0.15, 0.2) is 54.6 Å². The van der Waals surface area contributed by atoms with E-state index in [0.717, 1.165) is 22.8 Å². The first-order chi connectivity index (χ1) is 13.6. The van der Waals surface area contributed by atoms with Crippen molar-refractivity contribution in [2.45, 2.75) is 25.8 Å². The molecule has 0 aliphatic carbocycles. The molecule has 0 heterocycles. The third kappa shape index (κ3) is 3.88. The van der Waals surface area contributed by atoms with E-state index in [1.165, 1.54) is 0 Å². The molecule has 0 spiro atoms. The molecule has 0 aliphatic heterocycles. The molecule has 146 valence electrons. The van der Waals surface area contributed by atoms with E-state index in [1.807, 2.05) is 49.4 Å². The molecule has 5 heteroatoms. The highest BCUT2D eigenvalue weighted by molar-refractivity contribution is 5.89. The van der Waals surface area contributed by atoms with E-state index < -0.39 is 6.04 Å². The number of phenols is 1. The van der Waals surface area contributed by atoms with Gasteiger partial charge in [-0.05, 0) is 41.0 Å². The molecule has 0 saturated carbocycles. The summed E-state index contributed by atoms with van der Waals surface area (Å²) < 4.78 is 10.8. The smallest absolute Gasteiger partial charge is 0.220 e. The summed E-state index contributed by atoms with van der Waals surface area (Å²) >= 11 is 0. The van der Waals surface area contributed by atoms with Crippen molar-refractivity contribution in [3.05, 3.63) is 65.7 Å². The molecule has 3 aromatic rings. The zero-order chi connectivity index (χ0) is 20.1. The summed E-state index contributed by atoms with van der Waals surface area (Å²) in [5.74, 6) is 1.23. The lowest BCUT2D eigenvalue weighted by Crippen LogP contribution is -2.29. The number of amides is 1. The van der Waals surface area contributed by atoms with E-state index in [4.69, 9.17) is 9.47 Å². The van der Waals surface area contributed by atoms with Crippen LogP contribution in [0.25, 0.3) is 10.8 Å². The van der Waals surface area contributed by atoms with Crippen molar-refractivity contribution < 1.29 is 19.4 Å². The first kappa shape index (κ1) is 19.5. The highest BCUT2D eigenvalue weighted by Gasteiger charge is 2.23. The molecular formula is C23H25NO4. The molecule has 5 nitrogen and oxygen atoms in total. The van der Waals surface area contributed by atoms with E-state index in [9.17, 15) is 9.90 Å². The Morgan fingerprint density at radius 2 is 1.79 bits per heavy atom. The topological polar surface area (TPSA) is 67.8 Å². The van der Waals surface area contributed by atoms with Crippen molar-refractivity contribution in [1.82, 2.24) is 5.32 Å². The third-order valence-electron chi connectivity index (χ3n) is 4.76. The maximum atomic E-state index is 12.5. The lowest BCUT2D eigenvalue weighted by atomic mass is 9.92. The number of hydrogen-bond acceptors (Lipinski definition) is 4. The summed E-state index contributed by atoms with van der Waals surface area (Å²) in [4.78, 5) is 12.5. The number of rotatable bonds is 7. The fraction of sp³-hybridized carbons (Fsp3) is 0.261. The van der Waals surface area contributed by atoms with Gasteiger partial charge in [0, 0.05) is 12.0 Å². The number of hydrogen-bond donors (Lipinski definition) is 2. The van der Waals surface area contributed by atoms with Gasteiger partial charge in [-0.2, -0.15) is 0 Å². The minimum Gasteiger partial charge on any atom is -0.508 e. The normalized spacial score (nSPS) is 11.8. The predicted molar refractivity (Wildman–Crippen MR) is 110 cm³/mol. The second-order valence-electron chi connectivity index (χ2n) is 6.58. The summed E-state index contributed by atoms with van der Waals surface area (Å²) in [5.41, 5.74) is 1.46. The summed E-state index contributed by atoms with van der Waals surface area (Å²) in [6, 6.07) is 16.3. The monoisotopic (exact) mass is 379 g/mol. The second-order valence-corrected chi connectivity index (χ2v) is 6.58. The number of carbonyl (C=O) groups excluding carboxylic acids is 1. The fourth-order valence-corrected chi connectivity index (χ4v) is 3.40. The van der Waals surface area contributed by atoms with Gasteiger partial charge in [-0.3, -0.25) is 4.79 Å². The van der Waals surface area contributed by atoms with Crippen molar-refractivity contribution in [2.75, 3.05) is 14.2 Å². The van der Waals surface area contributed by atoms with Crippen LogP contribution in [-0.4, -0.2) is 25.2 Å². The van der Waals surface area contributed by atoms with Crippen LogP contribution in [0, 0.1) is 0 Å². The number of ether oxygens (including phenoxy) is 2. The fourth-order valence-electron chi connectivity index (χ4n) is 3.40. The van der Waals surface area contributed by atoms with Crippen molar-refractivity contribution in [1.29, 1.82) is 0 Å². The Morgan fingerprint density at radius 1 is 1.04 bits per heavy atom. The van der Waals surface area contributed by atoms with Crippen LogP contribution in [0.4, 0.5) is 0 Å². The summed E-state index contributed by atoms with van der Waals surface area (Å²) in [7, 11) is 3.15. The van der Waals surface area contributed by atoms with Gasteiger partial charge >= 0.3 is 0 Å². The predicted octanol–water partition coefficient (Wildman–Crippen LogP) is 4.57. The first-order valence-corrected chi connectivity index (χ1v) is 9.31. The Morgan fingerprint density at radius 3 is 2.50 bits per heavy atom. The number of fused-ring (bicyclic) bond motifs is 1. The highest BCUT2D eigenvalue weighted by atomic mass is 16.5. The molecule has 0 unspecified atom stereocenters. The number of phenolic OH excluding ortho intramolecular Hbond substituents is 1. The molecule has 3 aromatic carbocycles. The third-order valence-corrected chi connectivity index (χ3v) is 4.76. The van der Waals surface area contributed by atoms with Gasteiger partial charge in [-0.25, -0.2) is 0 Å². The highest BCUT2D eigenvalue weighted by Crippen LogP contribution is 2.38. The molecule has 3 rings (SSSR count). The minimum atomic E-state index is -0.523. The van der Waals surface area contributed by atoms with Gasteiger partial charge in [0.05, 0.1) is 20.3 Å². The zero-order valence-electron chi connectivity index (χ0n) is 16.4. The van der Waals surface area contributed by atoms with E-state index in [-0.39, 0.29) is 11.7 Å². The Kier molecular flexibility index (Phi) is 6.04. The van der Waals surface area contributed by atoms with Crippen LogP contribution < -0.4 is 14.8 Å². The Hall–Kier alpha value is -3.21. The van der Waals surface area contributed by atoms with Gasteiger partial charge < -0.3 is 19.9 Å². The molecule has 1 atom stereocenters. The average Bonchev–Trinajstić information content (AvgIpc) is 2.72. The van der Waals surface area contributed by atoms with E-state index in [1.54, 1.807) is 26.4 Å². The van der Waals surface area contributed by atoms with Crippen LogP contribution in [0.3, 0.4) is 0 Å². The SMILES string of the molecule is CCCC(=O)N[C@@H](c1ccc(OC)c(OC)c1)c1c(O)ccc2ccccc12. The molecule has 0 aliphatic rings. The van der Waals surface area contributed by atoms with Crippen molar-refractivity contribution in [3.8, 4) is 17.2 Å². The average molecular weight is 379 g/mol. The van der Waals surface area contributed by atoms with E-state index in [2.05, 4.69) is 5.32 Å². The van der Waals surface area contributed by atoms with Crippen LogP contribution in [0.5, 0.6) is 17.2 Å². The molecule has 0 aromatic heterocycles. The molecule has 1 amide bonds. The molecule has 0 fully saturated rings. The Balaban J connectivity index is 2.19. The Labute approximate surface area is 164 Å². The van der Waals surface area contributed by atoms with Gasteiger partial charge in [0.1, 0.15) is 5.75 Å². The largest absolute Gasteiger partial charge is 0.508 e. The number of aromatic hydroxyl groups is 1. The quantitative estimate of drug-likeness (QED) is 0.631. The molecule has 0 radical (unpaired) electrons. The van der Waals surface area contributed by atoms with E-state index in [0.29, 0.717) is 23.5 Å². The van der Waals surface area contributed by atoms with Crippen LogP contribution in [-0.2, 0) is 4.79 Å². The van der Waals surface area contributed by atoms with Crippen LogP contribution >= 0.6 is 0 Å². The molecule has 0 bridgehead atoms. The minimum absolute atomic E-state index is 0.0744. The molecule has 28 heavy (non-hydrogen) atoms. The lowest BCUT2D eigenvalue weighted by molar-refractivity contribution is -0.121. The Bertz CT molecular complexity index is 983. The van der Waals surface area contributed by atoms with Crippen LogP contribution in [0.2, 0.25) is 0 Å². The molecule has 2 N–H and O–H groups in total. The molecule has 0 saturated heterocycles. The summed E-state index contributed by atoms with van der Waals surface area (Å²) in [6.07, 6.45) is 1.15. The zero-order valence-corrected chi connectivity index (χ0v) is 16.4. The van der Waals surface area contributed by atoms with Gasteiger partial charge in [0.2, 0.25) is 5.91 Å². The van der Waals surface area contributed by atoms with Gasteiger partial charge in [0.25, 0.3) is 0 Å².